The molecule has 0 N–H and O–H groups in total. The van der Waals surface area contributed by atoms with Crippen molar-refractivity contribution in [2.45, 2.75) is 38.0 Å². The molecule has 2 aromatic rings. The Bertz CT molecular complexity index is 679. The van der Waals surface area contributed by atoms with E-state index in [0.29, 0.717) is 12.5 Å². The van der Waals surface area contributed by atoms with Crippen molar-refractivity contribution in [3.63, 3.8) is 0 Å². The number of hydrogen-bond acceptors (Lipinski definition) is 2. The van der Waals surface area contributed by atoms with Crippen molar-refractivity contribution in [3.8, 4) is 17.0 Å². The third-order valence-corrected chi connectivity index (χ3v) is 5.12. The number of ether oxygens (including phenoxy) is 1. The summed E-state index contributed by atoms with van der Waals surface area (Å²) in [5.41, 5.74) is 3.51. The maximum atomic E-state index is 5.53. The summed E-state index contributed by atoms with van der Waals surface area (Å²) in [7, 11) is 0. The average molecular weight is 333 g/mol. The molecule has 2 heteroatoms. The maximum Gasteiger partial charge on any atom is 0.119 e. The molecule has 0 spiro atoms. The van der Waals surface area contributed by atoms with E-state index < -0.39 is 0 Å². The van der Waals surface area contributed by atoms with E-state index in [1.165, 1.54) is 31.2 Å². The van der Waals surface area contributed by atoms with Gasteiger partial charge in [0.05, 0.1) is 5.69 Å². The third kappa shape index (κ3) is 4.60. The van der Waals surface area contributed by atoms with Gasteiger partial charge in [0.25, 0.3) is 0 Å². The van der Waals surface area contributed by atoms with Crippen molar-refractivity contribution in [2.75, 3.05) is 6.61 Å². The number of rotatable bonds is 7. The second-order valence-corrected chi connectivity index (χ2v) is 6.84. The summed E-state index contributed by atoms with van der Waals surface area (Å²) < 4.78 is 5.53. The van der Waals surface area contributed by atoms with Crippen molar-refractivity contribution >= 4 is 0 Å². The highest BCUT2D eigenvalue weighted by atomic mass is 16.5. The van der Waals surface area contributed by atoms with Crippen LogP contribution in [0.1, 0.15) is 43.6 Å². The molecule has 1 aliphatic rings. The molecule has 0 aliphatic heterocycles. The standard InChI is InChI=1S/C23H27NO/c1-3-5-18-6-8-19(9-7-18)21-12-15-23(24-17-21)20-10-13-22(14-11-20)25-16-4-2/h3-4,10-15,17-19H,1-2,5-9,16H2/t18-,19-. The molecule has 130 valence electrons. The van der Waals surface area contributed by atoms with Crippen LogP contribution in [0.15, 0.2) is 67.9 Å². The van der Waals surface area contributed by atoms with Crippen molar-refractivity contribution in [1.29, 1.82) is 0 Å². The van der Waals surface area contributed by atoms with Crippen LogP contribution in [0.5, 0.6) is 5.75 Å². The zero-order valence-corrected chi connectivity index (χ0v) is 14.9. The number of pyridine rings is 1. The van der Waals surface area contributed by atoms with Gasteiger partial charge in [0, 0.05) is 11.8 Å². The molecule has 0 amide bonds. The van der Waals surface area contributed by atoms with Crippen LogP contribution in [-0.2, 0) is 0 Å². The van der Waals surface area contributed by atoms with Crippen molar-refractivity contribution in [2.24, 2.45) is 5.92 Å². The molecule has 2 nitrogen and oxygen atoms in total. The van der Waals surface area contributed by atoms with E-state index in [2.05, 4.69) is 49.7 Å². The molecule has 1 aliphatic carbocycles. The molecule has 1 saturated carbocycles. The summed E-state index contributed by atoms with van der Waals surface area (Å²) in [6.07, 6.45) is 12.2. The molecule has 0 unspecified atom stereocenters. The first kappa shape index (κ1) is 17.5. The van der Waals surface area contributed by atoms with Crippen molar-refractivity contribution in [3.05, 3.63) is 73.5 Å². The van der Waals surface area contributed by atoms with Gasteiger partial charge in [-0.25, -0.2) is 0 Å². The van der Waals surface area contributed by atoms with Crippen LogP contribution in [0.2, 0.25) is 0 Å². The number of benzene rings is 1. The van der Waals surface area contributed by atoms with Gasteiger partial charge in [-0.3, -0.25) is 4.98 Å². The molecule has 0 radical (unpaired) electrons. The zero-order valence-electron chi connectivity index (χ0n) is 14.9. The third-order valence-electron chi connectivity index (χ3n) is 5.12. The first-order valence-electron chi connectivity index (χ1n) is 9.21. The zero-order chi connectivity index (χ0) is 17.5. The smallest absolute Gasteiger partial charge is 0.119 e. The summed E-state index contributed by atoms with van der Waals surface area (Å²) in [5, 5.41) is 0. The molecule has 1 aromatic carbocycles. The van der Waals surface area contributed by atoms with Crippen LogP contribution in [0, 0.1) is 5.92 Å². The Hall–Kier alpha value is -2.35. The highest BCUT2D eigenvalue weighted by Crippen LogP contribution is 2.37. The van der Waals surface area contributed by atoms with Gasteiger partial charge in [-0.2, -0.15) is 0 Å². The van der Waals surface area contributed by atoms with Gasteiger partial charge < -0.3 is 4.74 Å². The van der Waals surface area contributed by atoms with Crippen LogP contribution in [-0.4, -0.2) is 11.6 Å². The topological polar surface area (TPSA) is 22.1 Å². The molecule has 0 saturated heterocycles. The Morgan fingerprint density at radius 2 is 1.72 bits per heavy atom. The minimum Gasteiger partial charge on any atom is -0.490 e. The second kappa shape index (κ2) is 8.66. The number of hydrogen-bond donors (Lipinski definition) is 0. The first-order chi connectivity index (χ1) is 12.3. The molecular weight excluding hydrogens is 306 g/mol. The molecule has 3 rings (SSSR count). The molecule has 1 fully saturated rings. The average Bonchev–Trinajstić information content (AvgIpc) is 2.68. The van der Waals surface area contributed by atoms with Crippen molar-refractivity contribution in [1.82, 2.24) is 4.98 Å². The Kier molecular flexibility index (Phi) is 6.05. The van der Waals surface area contributed by atoms with Gasteiger partial charge in [-0.15, -0.1) is 6.58 Å². The van der Waals surface area contributed by atoms with E-state index >= 15 is 0 Å². The van der Waals surface area contributed by atoms with Gasteiger partial charge in [0.2, 0.25) is 0 Å². The van der Waals surface area contributed by atoms with E-state index in [0.717, 1.165) is 29.3 Å². The minimum absolute atomic E-state index is 0.529. The molecular formula is C23H27NO. The van der Waals surface area contributed by atoms with Gasteiger partial charge in [0.1, 0.15) is 12.4 Å². The van der Waals surface area contributed by atoms with Crippen LogP contribution in [0.3, 0.4) is 0 Å². The lowest BCUT2D eigenvalue weighted by molar-refractivity contribution is 0.328. The molecule has 1 heterocycles. The van der Waals surface area contributed by atoms with Gasteiger partial charge in [-0.1, -0.05) is 24.8 Å². The number of allylic oxidation sites excluding steroid dienone is 1. The Balaban J connectivity index is 1.62. The Labute approximate surface area is 151 Å². The lowest BCUT2D eigenvalue weighted by Crippen LogP contribution is -2.13. The fraction of sp³-hybridized carbons (Fsp3) is 0.348. The maximum absolute atomic E-state index is 5.53. The van der Waals surface area contributed by atoms with E-state index in [4.69, 9.17) is 9.72 Å². The Morgan fingerprint density at radius 1 is 0.960 bits per heavy atom. The van der Waals surface area contributed by atoms with E-state index in [9.17, 15) is 0 Å². The quantitative estimate of drug-likeness (QED) is 0.566. The summed E-state index contributed by atoms with van der Waals surface area (Å²) in [6, 6.07) is 12.5. The van der Waals surface area contributed by atoms with E-state index in [-0.39, 0.29) is 0 Å². The number of nitrogens with zero attached hydrogens (tertiary/aromatic N) is 1. The largest absolute Gasteiger partial charge is 0.490 e. The number of aromatic nitrogens is 1. The lowest BCUT2D eigenvalue weighted by Gasteiger charge is -2.28. The predicted molar refractivity (Wildman–Crippen MR) is 105 cm³/mol. The predicted octanol–water partition coefficient (Wildman–Crippen LogP) is 6.16. The van der Waals surface area contributed by atoms with Gasteiger partial charge >= 0.3 is 0 Å². The first-order valence-corrected chi connectivity index (χ1v) is 9.21. The molecule has 0 bridgehead atoms. The van der Waals surface area contributed by atoms with Crippen molar-refractivity contribution < 1.29 is 4.74 Å². The van der Waals surface area contributed by atoms with Crippen LogP contribution >= 0.6 is 0 Å². The second-order valence-electron chi connectivity index (χ2n) is 6.84. The molecule has 1 aromatic heterocycles. The van der Waals surface area contributed by atoms with E-state index in [1.807, 2.05) is 12.1 Å². The monoisotopic (exact) mass is 333 g/mol. The fourth-order valence-corrected chi connectivity index (χ4v) is 3.66. The van der Waals surface area contributed by atoms with Gasteiger partial charge in [0.15, 0.2) is 0 Å². The normalized spacial score (nSPS) is 20.0. The van der Waals surface area contributed by atoms with Crippen LogP contribution in [0.25, 0.3) is 11.3 Å². The van der Waals surface area contributed by atoms with Crippen LogP contribution in [0.4, 0.5) is 0 Å². The summed E-state index contributed by atoms with van der Waals surface area (Å²) in [4.78, 5) is 4.70. The van der Waals surface area contributed by atoms with Gasteiger partial charge in [-0.05, 0) is 79.8 Å². The van der Waals surface area contributed by atoms with E-state index in [1.54, 1.807) is 6.08 Å². The SMILES string of the molecule is C=CCOc1ccc(-c2ccc([C@H]3CC[C@H](CC=C)CC3)cn2)cc1. The Morgan fingerprint density at radius 3 is 2.32 bits per heavy atom. The molecule has 0 atom stereocenters. The fourth-order valence-electron chi connectivity index (χ4n) is 3.66. The van der Waals surface area contributed by atoms with Crippen LogP contribution < -0.4 is 4.74 Å². The lowest BCUT2D eigenvalue weighted by atomic mass is 9.78. The molecule has 25 heavy (non-hydrogen) atoms. The highest BCUT2D eigenvalue weighted by Gasteiger charge is 2.21. The highest BCUT2D eigenvalue weighted by molar-refractivity contribution is 5.60. The minimum atomic E-state index is 0.529. The summed E-state index contributed by atoms with van der Waals surface area (Å²) in [5.74, 6) is 2.36. The summed E-state index contributed by atoms with van der Waals surface area (Å²) in [6.45, 7) is 8.06. The summed E-state index contributed by atoms with van der Waals surface area (Å²) >= 11 is 0.